The molecule has 2 aromatic rings. The van der Waals surface area contributed by atoms with Crippen LogP contribution in [0.3, 0.4) is 0 Å². The first-order valence-electron chi connectivity index (χ1n) is 8.81. The van der Waals surface area contributed by atoms with E-state index in [-0.39, 0.29) is 12.2 Å². The number of rotatable bonds is 8. The number of anilines is 1. The molecule has 0 spiro atoms. The van der Waals surface area contributed by atoms with E-state index in [9.17, 15) is 14.4 Å². The van der Waals surface area contributed by atoms with Gasteiger partial charge in [-0.25, -0.2) is 9.59 Å². The summed E-state index contributed by atoms with van der Waals surface area (Å²) in [6, 6.07) is 6.44. The smallest absolute Gasteiger partial charge is 0.341 e. The Bertz CT molecular complexity index is 874. The van der Waals surface area contributed by atoms with E-state index in [4.69, 9.17) is 14.2 Å². The quantitative estimate of drug-likeness (QED) is 0.675. The topological polar surface area (TPSA) is 90.9 Å². The lowest BCUT2D eigenvalue weighted by atomic mass is 10.1. The highest BCUT2D eigenvalue weighted by Crippen LogP contribution is 2.34. The maximum absolute atomic E-state index is 12.3. The Morgan fingerprint density at radius 3 is 2.50 bits per heavy atom. The fraction of sp³-hybridized carbons (Fsp3) is 0.350. The summed E-state index contributed by atoms with van der Waals surface area (Å²) in [5.74, 6) is -1.14. The van der Waals surface area contributed by atoms with Crippen molar-refractivity contribution in [3.63, 3.8) is 0 Å². The van der Waals surface area contributed by atoms with Crippen molar-refractivity contribution < 1.29 is 28.6 Å². The molecule has 1 aromatic heterocycles. The molecule has 0 unspecified atom stereocenters. The predicted molar refractivity (Wildman–Crippen MR) is 106 cm³/mol. The SMILES string of the molecule is CCOC(=O)c1c(NC(=O)COC(=O)c2cccc(OC)c2)sc(C)c1CC. The highest BCUT2D eigenvalue weighted by Gasteiger charge is 2.23. The van der Waals surface area contributed by atoms with E-state index in [0.717, 1.165) is 10.4 Å². The van der Waals surface area contributed by atoms with E-state index in [0.29, 0.717) is 22.7 Å². The second-order valence-corrected chi connectivity index (χ2v) is 7.00. The number of aryl methyl sites for hydroxylation is 1. The standard InChI is InChI=1S/C20H23NO6S/c1-5-15-12(3)28-18(17(15)20(24)26-6-2)21-16(22)11-27-19(23)13-8-7-9-14(10-13)25-4/h7-10H,5-6,11H2,1-4H3,(H,21,22). The number of benzene rings is 1. The maximum atomic E-state index is 12.3. The van der Waals surface area contributed by atoms with Gasteiger partial charge >= 0.3 is 11.9 Å². The number of hydrogen-bond acceptors (Lipinski definition) is 7. The molecule has 8 heteroatoms. The zero-order valence-corrected chi connectivity index (χ0v) is 17.1. The largest absolute Gasteiger partial charge is 0.497 e. The number of esters is 2. The second-order valence-electron chi connectivity index (χ2n) is 5.77. The third-order valence-electron chi connectivity index (χ3n) is 3.93. The highest BCUT2D eigenvalue weighted by atomic mass is 32.1. The van der Waals surface area contributed by atoms with Gasteiger partial charge in [-0.2, -0.15) is 0 Å². The lowest BCUT2D eigenvalue weighted by Crippen LogP contribution is -2.22. The fourth-order valence-electron chi connectivity index (χ4n) is 2.64. The van der Waals surface area contributed by atoms with E-state index in [2.05, 4.69) is 5.32 Å². The molecule has 0 saturated carbocycles. The molecule has 0 aliphatic heterocycles. The molecular formula is C20H23NO6S. The lowest BCUT2D eigenvalue weighted by molar-refractivity contribution is -0.119. The van der Waals surface area contributed by atoms with Crippen LogP contribution in [0.2, 0.25) is 0 Å². The van der Waals surface area contributed by atoms with Crippen LogP contribution in [0.15, 0.2) is 24.3 Å². The van der Waals surface area contributed by atoms with Crippen molar-refractivity contribution in [2.75, 3.05) is 25.6 Å². The number of carbonyl (C=O) groups is 3. The number of carbonyl (C=O) groups excluding carboxylic acids is 3. The number of ether oxygens (including phenoxy) is 3. The Kier molecular flexibility index (Phi) is 7.57. The van der Waals surface area contributed by atoms with Crippen LogP contribution in [0.4, 0.5) is 5.00 Å². The molecule has 2 rings (SSSR count). The number of thiophene rings is 1. The molecule has 0 atom stereocenters. The van der Waals surface area contributed by atoms with Crippen LogP contribution in [0.1, 0.15) is 45.0 Å². The average Bonchev–Trinajstić information content (AvgIpc) is 3.01. The average molecular weight is 405 g/mol. The molecule has 0 fully saturated rings. The minimum Gasteiger partial charge on any atom is -0.497 e. The zero-order chi connectivity index (χ0) is 20.7. The first kappa shape index (κ1) is 21.4. The third kappa shape index (κ3) is 5.10. The van der Waals surface area contributed by atoms with E-state index >= 15 is 0 Å². The number of amides is 1. The summed E-state index contributed by atoms with van der Waals surface area (Å²) < 4.78 is 15.2. The van der Waals surface area contributed by atoms with Gasteiger partial charge in [0.1, 0.15) is 10.8 Å². The van der Waals surface area contributed by atoms with E-state index in [1.807, 2.05) is 13.8 Å². The van der Waals surface area contributed by atoms with Crippen LogP contribution in [0.25, 0.3) is 0 Å². The van der Waals surface area contributed by atoms with Gasteiger partial charge in [0.25, 0.3) is 5.91 Å². The van der Waals surface area contributed by atoms with Crippen molar-refractivity contribution in [2.45, 2.75) is 27.2 Å². The molecule has 1 heterocycles. The number of hydrogen-bond donors (Lipinski definition) is 1. The molecule has 0 saturated heterocycles. The van der Waals surface area contributed by atoms with Gasteiger partial charge in [0, 0.05) is 4.88 Å². The van der Waals surface area contributed by atoms with Gasteiger partial charge in [-0.15, -0.1) is 11.3 Å². The van der Waals surface area contributed by atoms with Crippen LogP contribution in [-0.4, -0.2) is 38.2 Å². The molecule has 1 amide bonds. The second kappa shape index (κ2) is 9.89. The predicted octanol–water partition coefficient (Wildman–Crippen LogP) is 3.60. The van der Waals surface area contributed by atoms with Gasteiger partial charge in [0.05, 0.1) is 24.8 Å². The summed E-state index contributed by atoms with van der Waals surface area (Å²) in [4.78, 5) is 37.6. The van der Waals surface area contributed by atoms with Gasteiger partial charge in [0.15, 0.2) is 6.61 Å². The molecule has 1 N–H and O–H groups in total. The molecule has 0 radical (unpaired) electrons. The molecule has 28 heavy (non-hydrogen) atoms. The van der Waals surface area contributed by atoms with Crippen molar-refractivity contribution in [1.29, 1.82) is 0 Å². The van der Waals surface area contributed by atoms with Crippen LogP contribution < -0.4 is 10.1 Å². The van der Waals surface area contributed by atoms with Crippen molar-refractivity contribution >= 4 is 34.2 Å². The molecule has 7 nitrogen and oxygen atoms in total. The van der Waals surface area contributed by atoms with Crippen molar-refractivity contribution in [2.24, 2.45) is 0 Å². The van der Waals surface area contributed by atoms with Gasteiger partial charge in [0.2, 0.25) is 0 Å². The van der Waals surface area contributed by atoms with Crippen LogP contribution >= 0.6 is 11.3 Å². The van der Waals surface area contributed by atoms with E-state index in [1.165, 1.54) is 24.5 Å². The Labute approximate surface area is 167 Å². The van der Waals surface area contributed by atoms with Crippen LogP contribution in [0.5, 0.6) is 5.75 Å². The summed E-state index contributed by atoms with van der Waals surface area (Å²) in [6.07, 6.45) is 0.636. The van der Waals surface area contributed by atoms with Gasteiger partial charge < -0.3 is 19.5 Å². The van der Waals surface area contributed by atoms with Gasteiger partial charge in [-0.3, -0.25) is 4.79 Å². The number of nitrogens with one attached hydrogen (secondary N) is 1. The van der Waals surface area contributed by atoms with Crippen molar-refractivity contribution in [3.8, 4) is 5.75 Å². The molecule has 150 valence electrons. The molecule has 0 aliphatic carbocycles. The minimum atomic E-state index is -0.642. The summed E-state index contributed by atoms with van der Waals surface area (Å²) >= 11 is 1.29. The van der Waals surface area contributed by atoms with Crippen molar-refractivity contribution in [1.82, 2.24) is 0 Å². The lowest BCUT2D eigenvalue weighted by Gasteiger charge is -2.09. The first-order chi connectivity index (χ1) is 13.4. The number of methoxy groups -OCH3 is 1. The summed E-state index contributed by atoms with van der Waals surface area (Å²) in [6.45, 7) is 5.29. The van der Waals surface area contributed by atoms with Crippen molar-refractivity contribution in [3.05, 3.63) is 45.8 Å². The highest BCUT2D eigenvalue weighted by molar-refractivity contribution is 7.16. The van der Waals surface area contributed by atoms with Gasteiger partial charge in [-0.05, 0) is 44.0 Å². The normalized spacial score (nSPS) is 10.3. The van der Waals surface area contributed by atoms with Crippen LogP contribution in [0, 0.1) is 6.92 Å². The molecule has 1 aromatic carbocycles. The van der Waals surface area contributed by atoms with Crippen LogP contribution in [-0.2, 0) is 20.7 Å². The first-order valence-corrected chi connectivity index (χ1v) is 9.63. The van der Waals surface area contributed by atoms with Gasteiger partial charge in [-0.1, -0.05) is 13.0 Å². The fourth-order valence-corrected chi connectivity index (χ4v) is 3.79. The molecule has 0 aliphatic rings. The monoisotopic (exact) mass is 405 g/mol. The Morgan fingerprint density at radius 1 is 1.11 bits per heavy atom. The molecular weight excluding hydrogens is 382 g/mol. The Hall–Kier alpha value is -2.87. The summed E-state index contributed by atoms with van der Waals surface area (Å²) in [5.41, 5.74) is 1.48. The molecule has 0 bridgehead atoms. The Morgan fingerprint density at radius 2 is 1.86 bits per heavy atom. The summed E-state index contributed by atoms with van der Waals surface area (Å²) in [7, 11) is 1.49. The Balaban J connectivity index is 2.06. The minimum absolute atomic E-state index is 0.239. The maximum Gasteiger partial charge on any atom is 0.341 e. The zero-order valence-electron chi connectivity index (χ0n) is 16.3. The van der Waals surface area contributed by atoms with E-state index < -0.39 is 24.5 Å². The third-order valence-corrected chi connectivity index (χ3v) is 5.00. The summed E-state index contributed by atoms with van der Waals surface area (Å²) in [5, 5.41) is 3.05. The van der Waals surface area contributed by atoms with E-state index in [1.54, 1.807) is 25.1 Å².